The smallest absolute Gasteiger partial charge is 0.309 e. The van der Waals surface area contributed by atoms with Gasteiger partial charge in [-0.3, -0.25) is 4.79 Å². The summed E-state index contributed by atoms with van der Waals surface area (Å²) in [5.41, 5.74) is 4.86. The molecule has 0 amide bonds. The minimum Gasteiger partial charge on any atom is -0.455 e. The Bertz CT molecular complexity index is 1210. The third kappa shape index (κ3) is 4.17. The zero-order chi connectivity index (χ0) is 23.0. The number of rotatable bonds is 5. The van der Waals surface area contributed by atoms with Crippen molar-refractivity contribution in [3.8, 4) is 0 Å². The molecule has 0 N–H and O–H groups in total. The summed E-state index contributed by atoms with van der Waals surface area (Å²) in [5.74, 6) is -0.337. The largest absolute Gasteiger partial charge is 0.455 e. The van der Waals surface area contributed by atoms with Crippen molar-refractivity contribution in [2.75, 3.05) is 13.1 Å². The van der Waals surface area contributed by atoms with E-state index in [-0.39, 0.29) is 31.6 Å². The number of hydrogen-bond acceptors (Lipinski definition) is 6. The minimum absolute atomic E-state index is 0.0347. The number of hydrogen-bond donors (Lipinski definition) is 0. The number of benzene rings is 2. The van der Waals surface area contributed by atoms with Gasteiger partial charge in [-0.25, -0.2) is 13.4 Å². The molecule has 7 nitrogen and oxygen atoms in total. The van der Waals surface area contributed by atoms with Crippen LogP contribution in [0.4, 0.5) is 0 Å². The van der Waals surface area contributed by atoms with Crippen molar-refractivity contribution in [3.05, 3.63) is 58.5 Å². The van der Waals surface area contributed by atoms with E-state index >= 15 is 0 Å². The first-order chi connectivity index (χ1) is 15.2. The number of oxazole rings is 1. The quantitative estimate of drug-likeness (QED) is 0.535. The maximum absolute atomic E-state index is 13.4. The number of sulfonamides is 1. The molecule has 0 bridgehead atoms. The van der Waals surface area contributed by atoms with Crippen LogP contribution >= 0.6 is 0 Å². The maximum Gasteiger partial charge on any atom is 0.309 e. The van der Waals surface area contributed by atoms with E-state index in [1.807, 2.05) is 58.0 Å². The van der Waals surface area contributed by atoms with Gasteiger partial charge in [0.15, 0.2) is 12.2 Å². The normalized spacial score (nSPS) is 15.9. The summed E-state index contributed by atoms with van der Waals surface area (Å²) in [6.45, 7) is 8.11. The van der Waals surface area contributed by atoms with Crippen molar-refractivity contribution in [3.63, 3.8) is 0 Å². The van der Waals surface area contributed by atoms with Gasteiger partial charge >= 0.3 is 5.97 Å². The van der Waals surface area contributed by atoms with E-state index < -0.39 is 10.0 Å². The van der Waals surface area contributed by atoms with Gasteiger partial charge in [-0.05, 0) is 74.9 Å². The van der Waals surface area contributed by atoms with Crippen molar-refractivity contribution < 1.29 is 22.4 Å². The van der Waals surface area contributed by atoms with Gasteiger partial charge in [-0.2, -0.15) is 4.31 Å². The molecule has 0 spiro atoms. The summed E-state index contributed by atoms with van der Waals surface area (Å²) >= 11 is 0. The highest BCUT2D eigenvalue weighted by Crippen LogP contribution is 2.31. The molecule has 0 unspecified atom stereocenters. The topological polar surface area (TPSA) is 89.7 Å². The standard InChI is InChI=1S/C24H28N2O5S/c1-15-13-16(2)18(4)23(17(15)3)32(28,29)26-11-9-19(10-12-26)24(27)30-14-22-25-20-7-5-6-8-21(20)31-22/h5-8,13,19H,9-12,14H2,1-4H3. The molecule has 1 saturated heterocycles. The van der Waals surface area contributed by atoms with Crippen molar-refractivity contribution >= 4 is 27.1 Å². The monoisotopic (exact) mass is 456 g/mol. The Morgan fingerprint density at radius 1 is 1.09 bits per heavy atom. The van der Waals surface area contributed by atoms with E-state index in [0.717, 1.165) is 22.3 Å². The highest BCUT2D eigenvalue weighted by molar-refractivity contribution is 7.89. The molecule has 3 aromatic rings. The van der Waals surface area contributed by atoms with Crippen LogP contribution in [0.5, 0.6) is 0 Å². The number of aryl methyl sites for hydroxylation is 2. The first-order valence-corrected chi connectivity index (χ1v) is 12.2. The van der Waals surface area contributed by atoms with Crippen LogP contribution in [0.3, 0.4) is 0 Å². The average molecular weight is 457 g/mol. The zero-order valence-corrected chi connectivity index (χ0v) is 19.7. The lowest BCUT2D eigenvalue weighted by Gasteiger charge is -2.31. The predicted molar refractivity (Wildman–Crippen MR) is 121 cm³/mol. The van der Waals surface area contributed by atoms with Crippen molar-refractivity contribution in [2.45, 2.75) is 52.0 Å². The predicted octanol–water partition coefficient (Wildman–Crippen LogP) is 4.21. The van der Waals surface area contributed by atoms with Crippen LogP contribution in [-0.4, -0.2) is 36.8 Å². The third-order valence-corrected chi connectivity index (χ3v) is 8.53. The first kappa shape index (κ1) is 22.5. The number of nitrogens with zero attached hydrogens (tertiary/aromatic N) is 2. The second kappa shape index (κ2) is 8.67. The van der Waals surface area contributed by atoms with Gasteiger partial charge in [0, 0.05) is 13.1 Å². The fraction of sp³-hybridized carbons (Fsp3) is 0.417. The summed E-state index contributed by atoms with van der Waals surface area (Å²) in [7, 11) is -3.63. The third-order valence-electron chi connectivity index (χ3n) is 6.36. The Morgan fingerprint density at radius 3 is 2.34 bits per heavy atom. The molecule has 0 saturated carbocycles. The average Bonchev–Trinajstić information content (AvgIpc) is 3.19. The van der Waals surface area contributed by atoms with Crippen LogP contribution in [0.15, 0.2) is 39.6 Å². The van der Waals surface area contributed by atoms with E-state index in [1.165, 1.54) is 4.31 Å². The minimum atomic E-state index is -3.63. The summed E-state index contributed by atoms with van der Waals surface area (Å²) in [4.78, 5) is 17.3. The Balaban J connectivity index is 1.40. The van der Waals surface area contributed by atoms with E-state index in [2.05, 4.69) is 4.98 Å². The van der Waals surface area contributed by atoms with Crippen molar-refractivity contribution in [1.82, 2.24) is 9.29 Å². The van der Waals surface area contributed by atoms with Gasteiger partial charge in [-0.15, -0.1) is 0 Å². The Morgan fingerprint density at radius 2 is 1.72 bits per heavy atom. The lowest BCUT2D eigenvalue weighted by Crippen LogP contribution is -2.41. The molecule has 2 heterocycles. The molecule has 1 aromatic heterocycles. The molecule has 0 radical (unpaired) electrons. The van der Waals surface area contributed by atoms with Crippen LogP contribution in [-0.2, 0) is 26.2 Å². The molecule has 0 atom stereocenters. The number of carbonyl (C=O) groups is 1. The fourth-order valence-corrected chi connectivity index (χ4v) is 6.31. The molecule has 1 fully saturated rings. The van der Waals surface area contributed by atoms with Crippen LogP contribution in [0.1, 0.15) is 41.0 Å². The molecular formula is C24H28N2O5S. The number of aromatic nitrogens is 1. The second-order valence-electron chi connectivity index (χ2n) is 8.45. The zero-order valence-electron chi connectivity index (χ0n) is 18.8. The molecule has 8 heteroatoms. The molecular weight excluding hydrogens is 428 g/mol. The maximum atomic E-state index is 13.4. The number of esters is 1. The first-order valence-electron chi connectivity index (χ1n) is 10.8. The molecule has 170 valence electrons. The molecule has 32 heavy (non-hydrogen) atoms. The van der Waals surface area contributed by atoms with Gasteiger partial charge in [0.1, 0.15) is 5.52 Å². The van der Waals surface area contributed by atoms with E-state index in [0.29, 0.717) is 34.7 Å². The highest BCUT2D eigenvalue weighted by Gasteiger charge is 2.35. The number of fused-ring (bicyclic) bond motifs is 1. The molecule has 1 aliphatic heterocycles. The van der Waals surface area contributed by atoms with Crippen molar-refractivity contribution in [2.24, 2.45) is 5.92 Å². The Labute approximate surface area is 188 Å². The van der Waals surface area contributed by atoms with E-state index in [9.17, 15) is 13.2 Å². The molecule has 2 aromatic carbocycles. The van der Waals surface area contributed by atoms with Crippen LogP contribution in [0, 0.1) is 33.6 Å². The summed E-state index contributed by atoms with van der Waals surface area (Å²) in [6, 6.07) is 9.38. The summed E-state index contributed by atoms with van der Waals surface area (Å²) < 4.78 is 39.3. The number of para-hydroxylation sites is 2. The van der Waals surface area contributed by atoms with Crippen LogP contribution in [0.25, 0.3) is 11.1 Å². The summed E-state index contributed by atoms with van der Waals surface area (Å²) in [6.07, 6.45) is 0.850. The van der Waals surface area contributed by atoms with Crippen LogP contribution in [0.2, 0.25) is 0 Å². The van der Waals surface area contributed by atoms with Gasteiger partial charge in [-0.1, -0.05) is 18.2 Å². The molecule has 1 aliphatic rings. The highest BCUT2D eigenvalue weighted by atomic mass is 32.2. The molecule has 0 aliphatic carbocycles. The van der Waals surface area contributed by atoms with Crippen LogP contribution < -0.4 is 0 Å². The number of piperidine rings is 1. The fourth-order valence-electron chi connectivity index (χ4n) is 4.26. The number of ether oxygens (including phenoxy) is 1. The lowest BCUT2D eigenvalue weighted by atomic mass is 9.98. The Hall–Kier alpha value is -2.71. The molecule has 4 rings (SSSR count). The van der Waals surface area contributed by atoms with E-state index in [4.69, 9.17) is 9.15 Å². The van der Waals surface area contributed by atoms with Gasteiger partial charge < -0.3 is 9.15 Å². The summed E-state index contributed by atoms with van der Waals surface area (Å²) in [5, 5.41) is 0. The van der Waals surface area contributed by atoms with Gasteiger partial charge in [0.25, 0.3) is 0 Å². The Kier molecular flexibility index (Phi) is 6.09. The SMILES string of the molecule is Cc1cc(C)c(C)c(S(=O)(=O)N2CCC(C(=O)OCc3nc4ccccc4o3)CC2)c1C. The van der Waals surface area contributed by atoms with Gasteiger partial charge in [0.05, 0.1) is 10.8 Å². The van der Waals surface area contributed by atoms with Gasteiger partial charge in [0.2, 0.25) is 15.9 Å². The lowest BCUT2D eigenvalue weighted by molar-refractivity contribution is -0.151. The van der Waals surface area contributed by atoms with E-state index in [1.54, 1.807) is 0 Å². The second-order valence-corrected chi connectivity index (χ2v) is 10.3. The van der Waals surface area contributed by atoms with Crippen molar-refractivity contribution in [1.29, 1.82) is 0 Å². The number of carbonyl (C=O) groups excluding carboxylic acids is 1.